The van der Waals surface area contributed by atoms with Gasteiger partial charge in [0.25, 0.3) is 0 Å². The number of guanidine groups is 1. The molecule has 0 bridgehead atoms. The molecule has 0 radical (unpaired) electrons. The third-order valence-electron chi connectivity index (χ3n) is 4.10. The molecule has 0 heterocycles. The number of nitrogens with zero attached hydrogens (tertiary/aromatic N) is 1. The fraction of sp³-hybridized carbons (Fsp3) is 0.350. The highest BCUT2D eigenvalue weighted by atomic mass is 16.5. The van der Waals surface area contributed by atoms with Crippen LogP contribution < -0.4 is 34.3 Å². The third-order valence-corrected chi connectivity index (χ3v) is 4.10. The molecule has 0 aliphatic heterocycles. The Balaban J connectivity index is 2.14. The second-order valence-electron chi connectivity index (χ2n) is 5.64. The zero-order valence-electron chi connectivity index (χ0n) is 17.1. The summed E-state index contributed by atoms with van der Waals surface area (Å²) in [5.74, 6) is 3.80. The van der Waals surface area contributed by atoms with Crippen molar-refractivity contribution in [3.63, 3.8) is 0 Å². The van der Waals surface area contributed by atoms with E-state index in [1.165, 1.54) is 0 Å². The lowest BCUT2D eigenvalue weighted by Crippen LogP contribution is -2.30. The number of rotatable bonds is 8. The van der Waals surface area contributed by atoms with Crippen molar-refractivity contribution in [2.75, 3.05) is 47.9 Å². The smallest absolute Gasteiger partial charge is 0.195 e. The average Bonchev–Trinajstić information content (AvgIpc) is 2.75. The lowest BCUT2D eigenvalue weighted by atomic mass is 10.1. The van der Waals surface area contributed by atoms with Gasteiger partial charge in [0, 0.05) is 37.0 Å². The molecule has 2 N–H and O–H groups in total. The SMILES string of the molecule is CN=C(NCc1cc(OC)c(OC)cc1OC)Nc1ccc(OC)c(OC)c1. The van der Waals surface area contributed by atoms with Crippen LogP contribution in [0.5, 0.6) is 28.7 Å². The van der Waals surface area contributed by atoms with Crippen molar-refractivity contribution < 1.29 is 23.7 Å². The molecule has 2 rings (SSSR count). The molecule has 8 heteroatoms. The van der Waals surface area contributed by atoms with Crippen LogP contribution in [0.1, 0.15) is 5.56 Å². The molecule has 0 aliphatic rings. The second-order valence-corrected chi connectivity index (χ2v) is 5.64. The summed E-state index contributed by atoms with van der Waals surface area (Å²) in [7, 11) is 9.69. The van der Waals surface area contributed by atoms with Gasteiger partial charge in [0.05, 0.1) is 35.5 Å². The second kappa shape index (κ2) is 10.1. The zero-order valence-corrected chi connectivity index (χ0v) is 17.1. The van der Waals surface area contributed by atoms with E-state index < -0.39 is 0 Å². The number of aliphatic imine (C=N–C) groups is 1. The Hall–Kier alpha value is -3.29. The van der Waals surface area contributed by atoms with Crippen molar-refractivity contribution >= 4 is 11.6 Å². The summed E-state index contributed by atoms with van der Waals surface area (Å²) in [6, 6.07) is 9.20. The van der Waals surface area contributed by atoms with E-state index in [0.29, 0.717) is 41.3 Å². The fourth-order valence-electron chi connectivity index (χ4n) is 2.64. The van der Waals surface area contributed by atoms with Gasteiger partial charge in [-0.05, 0) is 18.2 Å². The van der Waals surface area contributed by atoms with Gasteiger partial charge in [-0.2, -0.15) is 0 Å². The quantitative estimate of drug-likeness (QED) is 0.531. The number of nitrogens with one attached hydrogen (secondary N) is 2. The summed E-state index contributed by atoms with van der Waals surface area (Å²) in [5.41, 5.74) is 1.71. The van der Waals surface area contributed by atoms with E-state index in [2.05, 4.69) is 15.6 Å². The summed E-state index contributed by atoms with van der Waals surface area (Å²) in [6.45, 7) is 0.469. The number of benzene rings is 2. The van der Waals surface area contributed by atoms with Crippen molar-refractivity contribution in [3.8, 4) is 28.7 Å². The van der Waals surface area contributed by atoms with E-state index in [-0.39, 0.29) is 0 Å². The Morgan fingerprint density at radius 3 is 1.89 bits per heavy atom. The molecule has 0 saturated heterocycles. The Morgan fingerprint density at radius 2 is 1.32 bits per heavy atom. The summed E-state index contributed by atoms with van der Waals surface area (Å²) in [5, 5.41) is 6.47. The van der Waals surface area contributed by atoms with Crippen molar-refractivity contribution in [2.45, 2.75) is 6.54 Å². The minimum atomic E-state index is 0.469. The molecule has 0 aromatic heterocycles. The highest BCUT2D eigenvalue weighted by Gasteiger charge is 2.13. The first-order chi connectivity index (χ1) is 13.6. The number of hydrogen-bond acceptors (Lipinski definition) is 6. The number of methoxy groups -OCH3 is 5. The van der Waals surface area contributed by atoms with E-state index in [0.717, 1.165) is 11.3 Å². The Labute approximate surface area is 165 Å². The van der Waals surface area contributed by atoms with Crippen LogP contribution in [0.2, 0.25) is 0 Å². The van der Waals surface area contributed by atoms with Crippen LogP contribution in [0.3, 0.4) is 0 Å². The first-order valence-electron chi connectivity index (χ1n) is 8.58. The van der Waals surface area contributed by atoms with Gasteiger partial charge in [0.1, 0.15) is 5.75 Å². The fourth-order valence-corrected chi connectivity index (χ4v) is 2.64. The standard InChI is InChI=1S/C20H27N3O5/c1-21-20(23-14-7-8-15(24-2)18(10-14)27-5)22-12-13-9-17(26-4)19(28-6)11-16(13)25-3/h7-11H,12H2,1-6H3,(H2,21,22,23). The molecular formula is C20H27N3O5. The molecule has 0 atom stereocenters. The summed E-state index contributed by atoms with van der Waals surface area (Å²) < 4.78 is 26.7. The molecule has 2 aromatic carbocycles. The van der Waals surface area contributed by atoms with E-state index in [1.54, 1.807) is 48.7 Å². The predicted octanol–water partition coefficient (Wildman–Crippen LogP) is 2.92. The van der Waals surface area contributed by atoms with Gasteiger partial charge >= 0.3 is 0 Å². The monoisotopic (exact) mass is 389 g/mol. The third kappa shape index (κ3) is 4.91. The lowest BCUT2D eigenvalue weighted by molar-refractivity contribution is 0.347. The molecule has 0 saturated carbocycles. The normalized spacial score (nSPS) is 10.9. The van der Waals surface area contributed by atoms with Crippen molar-refractivity contribution in [3.05, 3.63) is 35.9 Å². The van der Waals surface area contributed by atoms with Gasteiger partial charge in [0.2, 0.25) is 0 Å². The van der Waals surface area contributed by atoms with E-state index >= 15 is 0 Å². The highest BCUT2D eigenvalue weighted by Crippen LogP contribution is 2.34. The summed E-state index contributed by atoms with van der Waals surface area (Å²) in [6.07, 6.45) is 0. The van der Waals surface area contributed by atoms with Gasteiger partial charge in [-0.25, -0.2) is 0 Å². The molecule has 8 nitrogen and oxygen atoms in total. The van der Waals surface area contributed by atoms with Crippen LogP contribution in [-0.2, 0) is 6.54 Å². The Morgan fingerprint density at radius 1 is 0.750 bits per heavy atom. The van der Waals surface area contributed by atoms with E-state index in [4.69, 9.17) is 23.7 Å². The minimum Gasteiger partial charge on any atom is -0.496 e. The van der Waals surface area contributed by atoms with Crippen LogP contribution >= 0.6 is 0 Å². The van der Waals surface area contributed by atoms with Crippen LogP contribution in [0.15, 0.2) is 35.3 Å². The van der Waals surface area contributed by atoms with Gasteiger partial charge < -0.3 is 34.3 Å². The molecule has 0 spiro atoms. The molecule has 28 heavy (non-hydrogen) atoms. The summed E-state index contributed by atoms with van der Waals surface area (Å²) in [4.78, 5) is 4.25. The maximum absolute atomic E-state index is 5.46. The van der Waals surface area contributed by atoms with Gasteiger partial charge in [-0.1, -0.05) is 0 Å². The average molecular weight is 389 g/mol. The van der Waals surface area contributed by atoms with Gasteiger partial charge in [-0.3, -0.25) is 4.99 Å². The Kier molecular flexibility index (Phi) is 7.62. The predicted molar refractivity (Wildman–Crippen MR) is 109 cm³/mol. The first-order valence-corrected chi connectivity index (χ1v) is 8.58. The molecule has 152 valence electrons. The molecule has 0 amide bonds. The molecule has 2 aromatic rings. The van der Waals surface area contributed by atoms with Crippen molar-refractivity contribution in [2.24, 2.45) is 4.99 Å². The van der Waals surface area contributed by atoms with Gasteiger partial charge in [0.15, 0.2) is 29.0 Å². The largest absolute Gasteiger partial charge is 0.496 e. The molecule has 0 fully saturated rings. The molecule has 0 unspecified atom stereocenters. The van der Waals surface area contributed by atoms with Crippen molar-refractivity contribution in [1.29, 1.82) is 0 Å². The van der Waals surface area contributed by atoms with E-state index in [1.807, 2.05) is 24.3 Å². The molecule has 0 aliphatic carbocycles. The maximum Gasteiger partial charge on any atom is 0.195 e. The van der Waals surface area contributed by atoms with Gasteiger partial charge in [-0.15, -0.1) is 0 Å². The van der Waals surface area contributed by atoms with E-state index in [9.17, 15) is 0 Å². The van der Waals surface area contributed by atoms with Crippen LogP contribution in [-0.4, -0.2) is 48.6 Å². The zero-order chi connectivity index (χ0) is 20.5. The Bertz CT molecular complexity index is 824. The maximum atomic E-state index is 5.46. The number of ether oxygens (including phenoxy) is 5. The van der Waals surface area contributed by atoms with Crippen molar-refractivity contribution in [1.82, 2.24) is 5.32 Å². The van der Waals surface area contributed by atoms with Crippen LogP contribution in [0.25, 0.3) is 0 Å². The topological polar surface area (TPSA) is 82.6 Å². The number of hydrogen-bond donors (Lipinski definition) is 2. The lowest BCUT2D eigenvalue weighted by Gasteiger charge is -2.17. The number of anilines is 1. The minimum absolute atomic E-state index is 0.469. The van der Waals surface area contributed by atoms with Crippen LogP contribution in [0, 0.1) is 0 Å². The molecular weight excluding hydrogens is 362 g/mol. The summed E-state index contributed by atoms with van der Waals surface area (Å²) >= 11 is 0. The van der Waals surface area contributed by atoms with Crippen LogP contribution in [0.4, 0.5) is 5.69 Å². The first kappa shape index (κ1) is 21.0. The highest BCUT2D eigenvalue weighted by molar-refractivity contribution is 5.93.